The third-order valence-electron chi connectivity index (χ3n) is 7.73. The quantitative estimate of drug-likeness (QED) is 0.598. The molecule has 3 fully saturated rings. The van der Waals surface area contributed by atoms with Gasteiger partial charge in [0.25, 0.3) is 0 Å². The minimum absolute atomic E-state index is 0.305. The van der Waals surface area contributed by atoms with Crippen LogP contribution < -0.4 is 5.32 Å². The lowest BCUT2D eigenvalue weighted by atomic mass is 9.73. The lowest BCUT2D eigenvalue weighted by Crippen LogP contribution is -2.35. The summed E-state index contributed by atoms with van der Waals surface area (Å²) in [6.07, 6.45) is 24.6. The molecule has 0 bridgehead atoms. The van der Waals surface area contributed by atoms with E-state index >= 15 is 0 Å². The van der Waals surface area contributed by atoms with Crippen LogP contribution in [0.5, 0.6) is 0 Å². The van der Waals surface area contributed by atoms with Gasteiger partial charge in [0, 0.05) is 12.5 Å². The molecule has 2 nitrogen and oxygen atoms in total. The van der Waals surface area contributed by atoms with E-state index in [2.05, 4.69) is 5.32 Å². The predicted octanol–water partition coefficient (Wildman–Crippen LogP) is 6.63. The van der Waals surface area contributed by atoms with Crippen LogP contribution in [0.25, 0.3) is 0 Å². The number of amides is 1. The Bertz CT molecular complexity index is 383. The molecule has 2 heteroatoms. The number of rotatable bonds is 4. The van der Waals surface area contributed by atoms with E-state index in [1.54, 1.807) is 0 Å². The zero-order valence-electron chi connectivity index (χ0n) is 17.2. The Morgan fingerprint density at radius 1 is 0.577 bits per heavy atom. The van der Waals surface area contributed by atoms with E-state index < -0.39 is 0 Å². The number of carbonyl (C=O) groups excluding carboxylic acids is 1. The van der Waals surface area contributed by atoms with Crippen LogP contribution in [0.2, 0.25) is 0 Å². The molecule has 0 aliphatic heterocycles. The van der Waals surface area contributed by atoms with Crippen LogP contribution in [0, 0.1) is 23.7 Å². The van der Waals surface area contributed by atoms with E-state index in [0.717, 1.165) is 37.1 Å². The highest BCUT2D eigenvalue weighted by molar-refractivity contribution is 5.78. The van der Waals surface area contributed by atoms with Crippen LogP contribution in [0.1, 0.15) is 116 Å². The van der Waals surface area contributed by atoms with Gasteiger partial charge in [-0.2, -0.15) is 0 Å². The summed E-state index contributed by atoms with van der Waals surface area (Å²) in [7, 11) is 0. The lowest BCUT2D eigenvalue weighted by molar-refractivity contribution is -0.125. The molecule has 150 valence electrons. The molecule has 1 amide bonds. The van der Waals surface area contributed by atoms with Gasteiger partial charge >= 0.3 is 0 Å². The minimum atomic E-state index is 0.305. The topological polar surface area (TPSA) is 29.1 Å². The van der Waals surface area contributed by atoms with Crippen LogP contribution in [0.3, 0.4) is 0 Å². The second-order valence-electron chi connectivity index (χ2n) is 9.67. The maximum absolute atomic E-state index is 12.6. The van der Waals surface area contributed by atoms with Crippen LogP contribution in [-0.2, 0) is 4.79 Å². The lowest BCUT2D eigenvalue weighted by Gasteiger charge is -2.33. The highest BCUT2D eigenvalue weighted by Crippen LogP contribution is 2.37. The molecule has 0 heterocycles. The number of hydrogen-bond acceptors (Lipinski definition) is 1. The summed E-state index contributed by atoms with van der Waals surface area (Å²) in [5, 5.41) is 3.35. The van der Waals surface area contributed by atoms with Gasteiger partial charge in [0.2, 0.25) is 5.91 Å². The number of carbonyl (C=O) groups is 1. The Balaban J connectivity index is 1.36. The standard InChI is InChI=1S/C24H43NO/c26-24(23-15-5-2-1-3-6-16-23)25-19-20-11-9-17-22(18-10-12-20)21-13-7-4-8-14-21/h20-23H,1-19H2,(H,25,26). The largest absolute Gasteiger partial charge is 0.356 e. The first-order valence-electron chi connectivity index (χ1n) is 12.1. The molecule has 3 aliphatic carbocycles. The third kappa shape index (κ3) is 6.57. The molecule has 0 saturated heterocycles. The van der Waals surface area contributed by atoms with Crippen molar-refractivity contribution in [3.8, 4) is 0 Å². The second kappa shape index (κ2) is 11.3. The average molecular weight is 362 g/mol. The van der Waals surface area contributed by atoms with Crippen molar-refractivity contribution in [2.45, 2.75) is 116 Å². The van der Waals surface area contributed by atoms with Gasteiger partial charge in [-0.1, -0.05) is 89.9 Å². The van der Waals surface area contributed by atoms with Gasteiger partial charge < -0.3 is 5.32 Å². The van der Waals surface area contributed by atoms with E-state index in [-0.39, 0.29) is 0 Å². The Morgan fingerprint density at radius 3 is 1.65 bits per heavy atom. The molecule has 0 aromatic heterocycles. The highest BCUT2D eigenvalue weighted by Gasteiger charge is 2.26. The maximum atomic E-state index is 12.6. The zero-order chi connectivity index (χ0) is 18.0. The van der Waals surface area contributed by atoms with Crippen LogP contribution in [0.4, 0.5) is 0 Å². The zero-order valence-corrected chi connectivity index (χ0v) is 17.2. The molecule has 26 heavy (non-hydrogen) atoms. The van der Waals surface area contributed by atoms with Crippen LogP contribution >= 0.6 is 0 Å². The van der Waals surface area contributed by atoms with Gasteiger partial charge in [0.05, 0.1) is 0 Å². The van der Waals surface area contributed by atoms with E-state index in [9.17, 15) is 4.79 Å². The SMILES string of the molecule is O=C(NCC1CCCC(C2CCCCC2)CCC1)C1CCCCCCC1. The number of hydrogen-bond donors (Lipinski definition) is 1. The molecular weight excluding hydrogens is 318 g/mol. The van der Waals surface area contributed by atoms with Gasteiger partial charge in [-0.3, -0.25) is 4.79 Å². The summed E-state index contributed by atoms with van der Waals surface area (Å²) >= 11 is 0. The smallest absolute Gasteiger partial charge is 0.223 e. The Labute approximate surface area is 162 Å². The van der Waals surface area contributed by atoms with E-state index in [0.29, 0.717) is 11.8 Å². The first kappa shape index (κ1) is 20.2. The van der Waals surface area contributed by atoms with E-state index in [1.165, 1.54) is 103 Å². The van der Waals surface area contributed by atoms with Crippen molar-refractivity contribution < 1.29 is 4.79 Å². The Hall–Kier alpha value is -0.530. The molecule has 0 radical (unpaired) electrons. The van der Waals surface area contributed by atoms with Gasteiger partial charge in [-0.05, 0) is 43.4 Å². The monoisotopic (exact) mass is 361 g/mol. The fraction of sp³-hybridized carbons (Fsp3) is 0.958. The molecule has 3 saturated carbocycles. The molecule has 1 N–H and O–H groups in total. The van der Waals surface area contributed by atoms with Crippen molar-refractivity contribution in [1.29, 1.82) is 0 Å². The fourth-order valence-electron chi connectivity index (χ4n) is 6.01. The van der Waals surface area contributed by atoms with Crippen molar-refractivity contribution in [1.82, 2.24) is 5.32 Å². The van der Waals surface area contributed by atoms with E-state index in [4.69, 9.17) is 0 Å². The molecule has 3 aliphatic rings. The van der Waals surface area contributed by atoms with E-state index in [1.807, 2.05) is 0 Å². The fourth-order valence-corrected chi connectivity index (χ4v) is 6.01. The Morgan fingerprint density at radius 2 is 1.04 bits per heavy atom. The molecule has 0 spiro atoms. The second-order valence-corrected chi connectivity index (χ2v) is 9.67. The summed E-state index contributed by atoms with van der Waals surface area (Å²) in [5.41, 5.74) is 0. The van der Waals surface area contributed by atoms with Crippen molar-refractivity contribution in [3.63, 3.8) is 0 Å². The molecule has 0 aromatic carbocycles. The summed E-state index contributed by atoms with van der Waals surface area (Å²) in [4.78, 5) is 12.6. The van der Waals surface area contributed by atoms with Crippen molar-refractivity contribution in [2.75, 3.05) is 6.54 Å². The molecule has 3 rings (SSSR count). The maximum Gasteiger partial charge on any atom is 0.223 e. The third-order valence-corrected chi connectivity index (χ3v) is 7.73. The van der Waals surface area contributed by atoms with Crippen molar-refractivity contribution in [3.05, 3.63) is 0 Å². The molecular formula is C24H43NO. The highest BCUT2D eigenvalue weighted by atomic mass is 16.1. The number of nitrogens with one attached hydrogen (secondary N) is 1. The van der Waals surface area contributed by atoms with Crippen molar-refractivity contribution in [2.24, 2.45) is 23.7 Å². The molecule has 0 aromatic rings. The van der Waals surface area contributed by atoms with Gasteiger partial charge in [0.1, 0.15) is 0 Å². The first-order chi connectivity index (χ1) is 12.8. The van der Waals surface area contributed by atoms with Gasteiger partial charge in [-0.15, -0.1) is 0 Å². The summed E-state index contributed by atoms with van der Waals surface area (Å²) in [6, 6.07) is 0. The van der Waals surface area contributed by atoms with Gasteiger partial charge in [0.15, 0.2) is 0 Å². The summed E-state index contributed by atoms with van der Waals surface area (Å²) in [6.45, 7) is 0.948. The van der Waals surface area contributed by atoms with Crippen LogP contribution in [-0.4, -0.2) is 12.5 Å². The molecule has 0 unspecified atom stereocenters. The summed E-state index contributed by atoms with van der Waals surface area (Å²) in [5.74, 6) is 3.47. The normalized spacial score (nSPS) is 30.6. The molecule has 0 atom stereocenters. The minimum Gasteiger partial charge on any atom is -0.356 e. The van der Waals surface area contributed by atoms with Gasteiger partial charge in [-0.25, -0.2) is 0 Å². The predicted molar refractivity (Wildman–Crippen MR) is 110 cm³/mol. The van der Waals surface area contributed by atoms with Crippen LogP contribution in [0.15, 0.2) is 0 Å². The first-order valence-corrected chi connectivity index (χ1v) is 12.1. The Kier molecular flexibility index (Phi) is 8.82. The summed E-state index contributed by atoms with van der Waals surface area (Å²) < 4.78 is 0. The van der Waals surface area contributed by atoms with Crippen molar-refractivity contribution >= 4 is 5.91 Å². The average Bonchev–Trinajstić information content (AvgIpc) is 2.61.